The molecule has 2 rings (SSSR count). The van der Waals surface area contributed by atoms with Crippen molar-refractivity contribution in [2.75, 3.05) is 11.5 Å². The molecule has 2 aromatic carbocycles. The monoisotopic (exact) mass is 292 g/mol. The average molecular weight is 292 g/mol. The summed E-state index contributed by atoms with van der Waals surface area (Å²) < 4.78 is 80.3. The molecule has 0 aliphatic carbocycles. The molecule has 106 valence electrons. The molecule has 0 aliphatic heterocycles. The Hall–Kier alpha value is -2.38. The fourth-order valence-electron chi connectivity index (χ4n) is 1.61. The van der Waals surface area contributed by atoms with Crippen LogP contribution in [0.5, 0.6) is 0 Å². The lowest BCUT2D eigenvalue weighted by molar-refractivity contribution is 0.492. The lowest BCUT2D eigenvalue weighted by Crippen LogP contribution is -2.05. The van der Waals surface area contributed by atoms with Crippen LogP contribution in [-0.4, -0.2) is 0 Å². The van der Waals surface area contributed by atoms with Gasteiger partial charge in [0.05, 0.1) is 0 Å². The highest BCUT2D eigenvalue weighted by Crippen LogP contribution is 2.34. The van der Waals surface area contributed by atoms with Gasteiger partial charge in [0.2, 0.25) is 0 Å². The molecule has 0 aliphatic rings. The first-order chi connectivity index (χ1) is 9.25. The van der Waals surface area contributed by atoms with E-state index in [1.807, 2.05) is 0 Å². The Balaban J connectivity index is 2.83. The van der Waals surface area contributed by atoms with Crippen molar-refractivity contribution in [3.05, 3.63) is 47.0 Å². The predicted octanol–water partition coefficient (Wildman–Crippen LogP) is 3.35. The maximum Gasteiger partial charge on any atom is 0.185 e. The van der Waals surface area contributed by atoms with Crippen molar-refractivity contribution < 1.29 is 26.3 Å². The van der Waals surface area contributed by atoms with Gasteiger partial charge in [-0.05, 0) is 12.1 Å². The summed E-state index contributed by atoms with van der Waals surface area (Å²) in [7, 11) is 0. The van der Waals surface area contributed by atoms with Crippen LogP contribution in [0.3, 0.4) is 0 Å². The number of anilines is 2. The third kappa shape index (κ3) is 1.93. The molecule has 0 bridgehead atoms. The first kappa shape index (κ1) is 14.0. The van der Waals surface area contributed by atoms with E-state index in [4.69, 9.17) is 11.5 Å². The molecule has 0 radical (unpaired) electrons. The molecule has 0 unspecified atom stereocenters. The van der Waals surface area contributed by atoms with E-state index in [-0.39, 0.29) is 0 Å². The van der Waals surface area contributed by atoms with E-state index >= 15 is 0 Å². The van der Waals surface area contributed by atoms with Crippen LogP contribution in [-0.2, 0) is 0 Å². The topological polar surface area (TPSA) is 52.0 Å². The summed E-state index contributed by atoms with van der Waals surface area (Å²) in [5.41, 5.74) is 5.54. The van der Waals surface area contributed by atoms with Gasteiger partial charge >= 0.3 is 0 Å². The molecule has 8 heteroatoms. The maximum atomic E-state index is 13.6. The Morgan fingerprint density at radius 3 is 1.15 bits per heavy atom. The number of hydrogen-bond acceptors (Lipinski definition) is 2. The molecular formula is C12H6F6N2. The van der Waals surface area contributed by atoms with E-state index in [9.17, 15) is 26.3 Å². The minimum absolute atomic E-state index is 0.335. The summed E-state index contributed by atoms with van der Waals surface area (Å²) in [6.45, 7) is 0. The van der Waals surface area contributed by atoms with Crippen molar-refractivity contribution in [1.29, 1.82) is 0 Å². The molecular weight excluding hydrogens is 286 g/mol. The quantitative estimate of drug-likeness (QED) is 0.481. The molecule has 0 spiro atoms. The highest BCUT2D eigenvalue weighted by Gasteiger charge is 2.24. The van der Waals surface area contributed by atoms with Crippen molar-refractivity contribution in [3.63, 3.8) is 0 Å². The van der Waals surface area contributed by atoms with Crippen molar-refractivity contribution in [2.24, 2.45) is 0 Å². The van der Waals surface area contributed by atoms with Gasteiger partial charge in [0, 0.05) is 11.1 Å². The van der Waals surface area contributed by atoms with Gasteiger partial charge in [-0.25, -0.2) is 26.3 Å². The Kier molecular flexibility index (Phi) is 3.24. The predicted molar refractivity (Wildman–Crippen MR) is 60.5 cm³/mol. The second-order valence-electron chi connectivity index (χ2n) is 3.90. The molecule has 4 N–H and O–H groups in total. The van der Waals surface area contributed by atoms with E-state index in [2.05, 4.69) is 0 Å². The maximum absolute atomic E-state index is 13.6. The number of halogens is 6. The van der Waals surface area contributed by atoms with Gasteiger partial charge in [0.15, 0.2) is 23.3 Å². The third-order valence-electron chi connectivity index (χ3n) is 2.68. The van der Waals surface area contributed by atoms with Crippen LogP contribution in [0.2, 0.25) is 0 Å². The summed E-state index contributed by atoms with van der Waals surface area (Å²) in [5, 5.41) is 0. The van der Waals surface area contributed by atoms with Crippen LogP contribution < -0.4 is 11.5 Å². The smallest absolute Gasteiger partial charge is 0.185 e. The third-order valence-corrected chi connectivity index (χ3v) is 2.68. The summed E-state index contributed by atoms with van der Waals surface area (Å²) >= 11 is 0. The molecule has 0 saturated heterocycles. The average Bonchev–Trinajstić information content (AvgIpc) is 2.42. The molecule has 0 atom stereocenters. The van der Waals surface area contributed by atoms with E-state index in [1.165, 1.54) is 0 Å². The second-order valence-corrected chi connectivity index (χ2v) is 3.90. The minimum atomic E-state index is -1.78. The SMILES string of the molecule is Nc1c(F)cc(-c2cc(F)c(N)c(F)c2F)c(F)c1F. The van der Waals surface area contributed by atoms with Crippen LogP contribution in [0.1, 0.15) is 0 Å². The Morgan fingerprint density at radius 1 is 0.550 bits per heavy atom. The standard InChI is InChI=1S/C12H6F6N2/c13-5-1-3(7(15)9(17)11(5)19)4-2-6(14)12(20)10(18)8(4)16/h1-2H,19-20H2. The van der Waals surface area contributed by atoms with Gasteiger partial charge in [-0.2, -0.15) is 0 Å². The highest BCUT2D eigenvalue weighted by atomic mass is 19.2. The van der Waals surface area contributed by atoms with E-state index in [1.54, 1.807) is 0 Å². The molecule has 2 aromatic rings. The Bertz CT molecular complexity index is 653. The zero-order chi connectivity index (χ0) is 15.2. The van der Waals surface area contributed by atoms with E-state index in [0.717, 1.165) is 0 Å². The molecule has 0 aromatic heterocycles. The van der Waals surface area contributed by atoms with Gasteiger partial charge in [-0.15, -0.1) is 0 Å². The van der Waals surface area contributed by atoms with Crippen LogP contribution in [0, 0.1) is 34.9 Å². The summed E-state index contributed by atoms with van der Waals surface area (Å²) in [6.07, 6.45) is 0. The Labute approximate surface area is 108 Å². The first-order valence-electron chi connectivity index (χ1n) is 5.12. The van der Waals surface area contributed by atoms with Crippen LogP contribution in [0.15, 0.2) is 12.1 Å². The van der Waals surface area contributed by atoms with E-state index in [0.29, 0.717) is 12.1 Å². The van der Waals surface area contributed by atoms with Gasteiger partial charge in [-0.3, -0.25) is 0 Å². The zero-order valence-corrected chi connectivity index (χ0v) is 9.58. The number of hydrogen-bond donors (Lipinski definition) is 2. The largest absolute Gasteiger partial charge is 0.394 e. The zero-order valence-electron chi connectivity index (χ0n) is 9.58. The normalized spacial score (nSPS) is 10.9. The fraction of sp³-hybridized carbons (Fsp3) is 0. The lowest BCUT2D eigenvalue weighted by atomic mass is 10.0. The van der Waals surface area contributed by atoms with Gasteiger partial charge in [0.25, 0.3) is 0 Å². The number of rotatable bonds is 1. The summed E-state index contributed by atoms with van der Waals surface area (Å²) in [5.74, 6) is -9.81. The molecule has 0 saturated carbocycles. The van der Waals surface area contributed by atoms with Crippen molar-refractivity contribution >= 4 is 11.4 Å². The number of nitrogen functional groups attached to an aromatic ring is 2. The Morgan fingerprint density at radius 2 is 0.850 bits per heavy atom. The number of nitrogens with two attached hydrogens (primary N) is 2. The molecule has 0 amide bonds. The second kappa shape index (κ2) is 4.62. The lowest BCUT2D eigenvalue weighted by Gasteiger charge is -2.10. The number of benzene rings is 2. The molecule has 20 heavy (non-hydrogen) atoms. The van der Waals surface area contributed by atoms with Crippen LogP contribution in [0.4, 0.5) is 37.7 Å². The van der Waals surface area contributed by atoms with Gasteiger partial charge in [0.1, 0.15) is 23.0 Å². The molecule has 0 heterocycles. The van der Waals surface area contributed by atoms with Crippen molar-refractivity contribution in [3.8, 4) is 11.1 Å². The van der Waals surface area contributed by atoms with Gasteiger partial charge in [-0.1, -0.05) is 0 Å². The summed E-state index contributed by atoms with van der Waals surface area (Å²) in [4.78, 5) is 0. The highest BCUT2D eigenvalue weighted by molar-refractivity contribution is 5.70. The van der Waals surface area contributed by atoms with Gasteiger partial charge < -0.3 is 11.5 Å². The fourth-order valence-corrected chi connectivity index (χ4v) is 1.61. The van der Waals surface area contributed by atoms with Crippen molar-refractivity contribution in [1.82, 2.24) is 0 Å². The minimum Gasteiger partial charge on any atom is -0.394 e. The van der Waals surface area contributed by atoms with Crippen LogP contribution >= 0.6 is 0 Å². The molecule has 0 fully saturated rings. The van der Waals surface area contributed by atoms with Crippen LogP contribution in [0.25, 0.3) is 11.1 Å². The van der Waals surface area contributed by atoms with E-state index < -0.39 is 57.4 Å². The first-order valence-corrected chi connectivity index (χ1v) is 5.12. The molecule has 2 nitrogen and oxygen atoms in total. The summed E-state index contributed by atoms with van der Waals surface area (Å²) in [6, 6.07) is 0.669. The van der Waals surface area contributed by atoms with Crippen molar-refractivity contribution in [2.45, 2.75) is 0 Å².